The molecule has 1 aromatic heterocycles. The molecule has 0 aliphatic carbocycles. The molecule has 9 heteroatoms. The van der Waals surface area contributed by atoms with Gasteiger partial charge in [0.2, 0.25) is 11.8 Å². The number of aromatic nitrogens is 1. The third-order valence-electron chi connectivity index (χ3n) is 6.85. The predicted octanol–water partition coefficient (Wildman–Crippen LogP) is 2.73. The van der Waals surface area contributed by atoms with Crippen molar-refractivity contribution in [2.24, 2.45) is 17.8 Å². The van der Waals surface area contributed by atoms with E-state index in [0.29, 0.717) is 6.54 Å². The molecule has 0 fully saturated rings. The summed E-state index contributed by atoms with van der Waals surface area (Å²) in [6, 6.07) is 7.14. The third kappa shape index (κ3) is 6.72. The molecule has 196 valence electrons. The second-order valence-corrected chi connectivity index (χ2v) is 10.1. The van der Waals surface area contributed by atoms with Crippen molar-refractivity contribution in [2.75, 3.05) is 6.54 Å². The number of Topliss-reactive ketones (excluding diaryl/α,β-unsaturated/α-hetero) is 1. The molecule has 2 unspecified atom stereocenters. The molecule has 4 N–H and O–H groups in total. The van der Waals surface area contributed by atoms with E-state index >= 15 is 0 Å². The monoisotopic (exact) mass is 498 g/mol. The number of hydrogen-bond acceptors (Lipinski definition) is 5. The largest absolute Gasteiger partial charge is 0.354 e. The Labute approximate surface area is 212 Å². The zero-order valence-electron chi connectivity index (χ0n) is 21.4. The minimum absolute atomic E-state index is 0.000883. The van der Waals surface area contributed by atoms with Crippen molar-refractivity contribution in [3.05, 3.63) is 36.0 Å². The van der Waals surface area contributed by atoms with Gasteiger partial charge < -0.3 is 15.2 Å². The molecule has 9 nitrogen and oxygen atoms in total. The number of rotatable bonds is 7. The molecule has 36 heavy (non-hydrogen) atoms. The zero-order chi connectivity index (χ0) is 26.2. The van der Waals surface area contributed by atoms with Gasteiger partial charge in [-0.3, -0.25) is 24.4 Å². The minimum atomic E-state index is -1.35. The quantitative estimate of drug-likeness (QED) is 0.265. The van der Waals surface area contributed by atoms with Crippen LogP contribution in [0.25, 0.3) is 10.9 Å². The van der Waals surface area contributed by atoms with Gasteiger partial charge in [-0.1, -0.05) is 44.9 Å². The highest BCUT2D eigenvalue weighted by Crippen LogP contribution is 2.26. The lowest BCUT2D eigenvalue weighted by Crippen LogP contribution is -2.52. The van der Waals surface area contributed by atoms with Crippen LogP contribution in [0.5, 0.6) is 0 Å². The zero-order valence-corrected chi connectivity index (χ0v) is 21.4. The van der Waals surface area contributed by atoms with Crippen LogP contribution >= 0.6 is 0 Å². The Morgan fingerprint density at radius 1 is 1.11 bits per heavy atom. The maximum Gasteiger partial charge on any atom is 0.254 e. The molecule has 3 amide bonds. The number of hydroxylamine groups is 1. The fourth-order valence-corrected chi connectivity index (χ4v) is 5.10. The van der Waals surface area contributed by atoms with Gasteiger partial charge >= 0.3 is 0 Å². The smallest absolute Gasteiger partial charge is 0.254 e. The van der Waals surface area contributed by atoms with Gasteiger partial charge in [-0.05, 0) is 43.7 Å². The number of nitrogens with zero attached hydrogens (tertiary/aromatic N) is 1. The van der Waals surface area contributed by atoms with Crippen LogP contribution in [0.1, 0.15) is 58.4 Å². The fraction of sp³-hybridized carbons (Fsp3) is 0.556. The molecule has 3 rings (SSSR count). The number of fused-ring (bicyclic) bond motifs is 5. The highest BCUT2D eigenvalue weighted by molar-refractivity contribution is 6.04. The Bertz CT molecular complexity index is 1090. The predicted molar refractivity (Wildman–Crippen MR) is 136 cm³/mol. The highest BCUT2D eigenvalue weighted by Gasteiger charge is 2.39. The van der Waals surface area contributed by atoms with Crippen molar-refractivity contribution in [3.63, 3.8) is 0 Å². The van der Waals surface area contributed by atoms with E-state index in [-0.39, 0.29) is 24.7 Å². The summed E-state index contributed by atoms with van der Waals surface area (Å²) in [4.78, 5) is 51.4. The van der Waals surface area contributed by atoms with E-state index in [4.69, 9.17) is 0 Å². The molecule has 0 saturated heterocycles. The first-order valence-corrected chi connectivity index (χ1v) is 12.8. The second-order valence-electron chi connectivity index (χ2n) is 10.1. The number of carbonyl (C=O) groups excluding carboxylic acids is 4. The Hall–Kier alpha value is -3.20. The summed E-state index contributed by atoms with van der Waals surface area (Å²) in [7, 11) is 0. The van der Waals surface area contributed by atoms with Crippen LogP contribution in [0, 0.1) is 17.8 Å². The van der Waals surface area contributed by atoms with Gasteiger partial charge in [-0.2, -0.15) is 0 Å². The summed E-state index contributed by atoms with van der Waals surface area (Å²) >= 11 is 0. The normalized spacial score (nSPS) is 18.8. The maximum absolute atomic E-state index is 13.5. The molecule has 2 heterocycles. The van der Waals surface area contributed by atoms with Crippen molar-refractivity contribution in [3.8, 4) is 0 Å². The maximum atomic E-state index is 13.5. The first-order chi connectivity index (χ1) is 17.2. The van der Waals surface area contributed by atoms with E-state index in [1.807, 2.05) is 32.0 Å². The van der Waals surface area contributed by atoms with E-state index in [1.54, 1.807) is 0 Å². The second kappa shape index (κ2) is 12.7. The molecule has 0 saturated carbocycles. The number of ketones is 1. The summed E-state index contributed by atoms with van der Waals surface area (Å²) in [5.74, 6) is -4.67. The van der Waals surface area contributed by atoms with E-state index < -0.39 is 35.5 Å². The number of benzene rings is 1. The molecular weight excluding hydrogens is 460 g/mol. The van der Waals surface area contributed by atoms with Gasteiger partial charge in [0, 0.05) is 36.6 Å². The van der Waals surface area contributed by atoms with Crippen LogP contribution in [0.4, 0.5) is 0 Å². The first-order valence-electron chi connectivity index (χ1n) is 12.8. The van der Waals surface area contributed by atoms with Crippen molar-refractivity contribution >= 4 is 34.4 Å². The van der Waals surface area contributed by atoms with Gasteiger partial charge in [0.05, 0.1) is 5.92 Å². The molecular formula is C27H38N4O5. The van der Waals surface area contributed by atoms with Crippen LogP contribution in [0.2, 0.25) is 0 Å². The highest BCUT2D eigenvalue weighted by atomic mass is 16.5. The summed E-state index contributed by atoms with van der Waals surface area (Å²) in [5.41, 5.74) is 3.55. The lowest BCUT2D eigenvalue weighted by Gasteiger charge is -2.27. The SMILES string of the molecule is CC(=O)C(C(=O)NO)[C@@H](CC(C)C)C(=O)NC1Cc2cn(c3ccccc23)CCCCCCNC1=O. The third-order valence-corrected chi connectivity index (χ3v) is 6.85. The summed E-state index contributed by atoms with van der Waals surface area (Å²) in [6.07, 6.45) is 6.53. The van der Waals surface area contributed by atoms with Crippen LogP contribution in [-0.4, -0.2) is 45.9 Å². The molecule has 1 aliphatic heterocycles. The Kier molecular flexibility index (Phi) is 9.64. The lowest BCUT2D eigenvalue weighted by atomic mass is 9.81. The number of amides is 3. The number of para-hydroxylation sites is 1. The van der Waals surface area contributed by atoms with Crippen LogP contribution in [-0.2, 0) is 32.1 Å². The van der Waals surface area contributed by atoms with Gasteiger partial charge in [0.25, 0.3) is 5.91 Å². The molecule has 1 aromatic carbocycles. The molecule has 2 bridgehead atoms. The van der Waals surface area contributed by atoms with E-state index in [2.05, 4.69) is 27.5 Å². The van der Waals surface area contributed by atoms with Crippen molar-refractivity contribution < 1.29 is 24.4 Å². The summed E-state index contributed by atoms with van der Waals surface area (Å²) in [5, 5.41) is 16.0. The molecule has 2 aromatic rings. The minimum Gasteiger partial charge on any atom is -0.354 e. The van der Waals surface area contributed by atoms with Crippen LogP contribution in [0.15, 0.2) is 30.5 Å². The van der Waals surface area contributed by atoms with Gasteiger partial charge in [-0.15, -0.1) is 0 Å². The number of aryl methyl sites for hydroxylation is 1. The molecule has 0 spiro atoms. The molecule has 3 atom stereocenters. The lowest BCUT2D eigenvalue weighted by molar-refractivity contribution is -0.146. The standard InChI is InChI=1S/C27H38N4O5/c1-17(2)14-21(24(18(3)32)27(35)30-36)25(33)29-22-15-19-16-31(23-11-7-6-10-20(19)23)13-9-5-4-8-12-28-26(22)34/h6-7,10-11,16-17,21-22,24,36H,4-5,8-9,12-15H2,1-3H3,(H,28,34)(H,29,33)(H,30,35)/t21-,22?,24?/m1/s1. The number of hydrogen-bond donors (Lipinski definition) is 4. The van der Waals surface area contributed by atoms with Crippen molar-refractivity contribution in [1.82, 2.24) is 20.7 Å². The Morgan fingerprint density at radius 2 is 1.83 bits per heavy atom. The van der Waals surface area contributed by atoms with Crippen LogP contribution in [0.3, 0.4) is 0 Å². The van der Waals surface area contributed by atoms with E-state index in [9.17, 15) is 24.4 Å². The van der Waals surface area contributed by atoms with Crippen LogP contribution < -0.4 is 16.1 Å². The van der Waals surface area contributed by atoms with Crippen molar-refractivity contribution in [2.45, 2.75) is 71.9 Å². The Balaban J connectivity index is 1.95. The first kappa shape index (κ1) is 27.4. The van der Waals surface area contributed by atoms with Gasteiger partial charge in [0.1, 0.15) is 17.7 Å². The van der Waals surface area contributed by atoms with Gasteiger partial charge in [-0.25, -0.2) is 5.48 Å². The average Bonchev–Trinajstić information content (AvgIpc) is 3.19. The number of nitrogens with one attached hydrogen (secondary N) is 3. The molecule has 1 aliphatic rings. The fourth-order valence-electron chi connectivity index (χ4n) is 5.10. The summed E-state index contributed by atoms with van der Waals surface area (Å²) < 4.78 is 2.21. The van der Waals surface area contributed by atoms with Gasteiger partial charge in [0.15, 0.2) is 0 Å². The topological polar surface area (TPSA) is 130 Å². The van der Waals surface area contributed by atoms with E-state index in [0.717, 1.165) is 48.7 Å². The van der Waals surface area contributed by atoms with Crippen molar-refractivity contribution in [1.29, 1.82) is 0 Å². The van der Waals surface area contributed by atoms with E-state index in [1.165, 1.54) is 12.4 Å². The Morgan fingerprint density at radius 3 is 2.53 bits per heavy atom. The number of carbonyl (C=O) groups is 4. The average molecular weight is 499 g/mol. The summed E-state index contributed by atoms with van der Waals surface area (Å²) in [6.45, 7) is 6.39. The molecule has 0 radical (unpaired) electrons.